The zero-order valence-electron chi connectivity index (χ0n) is 16.8. The Labute approximate surface area is 181 Å². The second-order valence-corrected chi connectivity index (χ2v) is 7.34. The van der Waals surface area contributed by atoms with Crippen molar-refractivity contribution in [2.24, 2.45) is 0 Å². The van der Waals surface area contributed by atoms with Crippen LogP contribution in [0, 0.1) is 11.3 Å². The van der Waals surface area contributed by atoms with Crippen molar-refractivity contribution in [1.29, 1.82) is 5.26 Å². The lowest BCUT2D eigenvalue weighted by molar-refractivity contribution is -0.131. The van der Waals surface area contributed by atoms with Gasteiger partial charge in [0.2, 0.25) is 5.91 Å². The van der Waals surface area contributed by atoms with Crippen molar-refractivity contribution in [3.05, 3.63) is 65.9 Å². The molecule has 0 spiro atoms. The number of nitriles is 1. The zero-order chi connectivity index (χ0) is 22.7. The van der Waals surface area contributed by atoms with E-state index in [2.05, 4.69) is 15.3 Å². The van der Waals surface area contributed by atoms with Gasteiger partial charge < -0.3 is 14.6 Å². The maximum Gasteiger partial charge on any atom is 0.268 e. The first kappa shape index (κ1) is 21.1. The van der Waals surface area contributed by atoms with Gasteiger partial charge in [0, 0.05) is 42.3 Å². The summed E-state index contributed by atoms with van der Waals surface area (Å²) >= 11 is 0. The Morgan fingerprint density at radius 1 is 1.31 bits per heavy atom. The average molecular weight is 436 g/mol. The van der Waals surface area contributed by atoms with E-state index >= 15 is 0 Å². The van der Waals surface area contributed by atoms with E-state index in [1.807, 2.05) is 35.0 Å². The van der Waals surface area contributed by atoms with Gasteiger partial charge in [-0.2, -0.15) is 5.26 Å². The van der Waals surface area contributed by atoms with Crippen LogP contribution >= 0.6 is 0 Å². The lowest BCUT2D eigenvalue weighted by atomic mass is 10.1. The van der Waals surface area contributed by atoms with Gasteiger partial charge in [0.15, 0.2) is 0 Å². The number of aromatic nitrogens is 3. The summed E-state index contributed by atoms with van der Waals surface area (Å²) in [6, 6.07) is 7.62. The molecule has 0 bridgehead atoms. The molecule has 1 aliphatic rings. The lowest BCUT2D eigenvalue weighted by Gasteiger charge is -2.19. The van der Waals surface area contributed by atoms with E-state index in [-0.39, 0.29) is 5.56 Å². The summed E-state index contributed by atoms with van der Waals surface area (Å²) < 4.78 is 29.0. The van der Waals surface area contributed by atoms with Crippen LogP contribution in [0.4, 0.5) is 8.78 Å². The van der Waals surface area contributed by atoms with Gasteiger partial charge in [-0.1, -0.05) is 12.1 Å². The number of pyridine rings is 2. The van der Waals surface area contributed by atoms with Gasteiger partial charge in [-0.05, 0) is 24.3 Å². The van der Waals surface area contributed by atoms with Crippen molar-refractivity contribution in [2.45, 2.75) is 18.4 Å². The number of fused-ring (bicyclic) bond motifs is 1. The molecule has 1 fully saturated rings. The normalized spacial score (nSPS) is 17.5. The minimum atomic E-state index is -3.11. The maximum atomic E-state index is 13.5. The monoisotopic (exact) mass is 436 g/mol. The van der Waals surface area contributed by atoms with E-state index in [1.165, 1.54) is 18.5 Å². The van der Waals surface area contributed by atoms with Gasteiger partial charge >= 0.3 is 0 Å². The van der Waals surface area contributed by atoms with Crippen LogP contribution in [0.3, 0.4) is 0 Å². The molecule has 4 heterocycles. The van der Waals surface area contributed by atoms with Gasteiger partial charge in [0.1, 0.15) is 11.7 Å². The van der Waals surface area contributed by atoms with Gasteiger partial charge in [-0.3, -0.25) is 14.6 Å². The van der Waals surface area contributed by atoms with E-state index in [0.29, 0.717) is 11.3 Å². The summed E-state index contributed by atoms with van der Waals surface area (Å²) in [7, 11) is 0. The molecule has 0 radical (unpaired) electrons. The lowest BCUT2D eigenvalue weighted by Crippen LogP contribution is -2.43. The third-order valence-electron chi connectivity index (χ3n) is 5.05. The van der Waals surface area contributed by atoms with Crippen LogP contribution < -0.4 is 5.32 Å². The molecule has 10 heteroatoms. The number of halogens is 2. The summed E-state index contributed by atoms with van der Waals surface area (Å²) in [5.74, 6) is -4.41. The fraction of sp³-hybridized carbons (Fsp3) is 0.227. The molecule has 1 N–H and O–H groups in total. The SMILES string of the molecule is N#CC1CC(F)(F)CN1C(=O)CNC(=O)c1ccncc1C=Cc1cn2ccccc2n1. The van der Waals surface area contributed by atoms with Gasteiger partial charge in [-0.15, -0.1) is 0 Å². The van der Waals surface area contributed by atoms with Crippen molar-refractivity contribution in [3.63, 3.8) is 0 Å². The minimum absolute atomic E-state index is 0.261. The van der Waals surface area contributed by atoms with Crippen molar-refractivity contribution >= 4 is 29.6 Å². The fourth-order valence-electron chi connectivity index (χ4n) is 3.50. The number of amides is 2. The highest BCUT2D eigenvalue weighted by Gasteiger charge is 2.47. The first-order valence-corrected chi connectivity index (χ1v) is 9.77. The number of nitrogens with one attached hydrogen (secondary N) is 1. The van der Waals surface area contributed by atoms with Crippen molar-refractivity contribution < 1.29 is 18.4 Å². The molecule has 2 amide bonds. The number of carbonyl (C=O) groups is 2. The molecule has 162 valence electrons. The molecule has 0 aromatic carbocycles. The summed E-state index contributed by atoms with van der Waals surface area (Å²) in [5.41, 5.74) is 2.21. The standard InChI is InChI=1S/C22H18F2N6O2/c23-22(24)9-17(10-25)30(14-22)20(31)12-27-21(32)18-6-7-26-11-15(18)4-5-16-13-29-8-2-1-3-19(29)28-16/h1-8,11,13,17H,9,12,14H2,(H,27,32). The number of carbonyl (C=O) groups excluding carboxylic acids is 2. The molecule has 0 aliphatic carbocycles. The molecule has 3 aromatic heterocycles. The number of hydrogen-bond acceptors (Lipinski definition) is 5. The maximum absolute atomic E-state index is 13.5. The van der Waals surface area contributed by atoms with Crippen LogP contribution in [-0.4, -0.2) is 56.1 Å². The third-order valence-corrected chi connectivity index (χ3v) is 5.05. The molecular formula is C22H18F2N6O2. The summed E-state index contributed by atoms with van der Waals surface area (Å²) in [6.07, 6.45) is 9.34. The topological polar surface area (TPSA) is 103 Å². The fourth-order valence-corrected chi connectivity index (χ4v) is 3.50. The molecule has 1 atom stereocenters. The summed E-state index contributed by atoms with van der Waals surface area (Å²) in [6.45, 7) is -1.33. The Morgan fingerprint density at radius 3 is 2.94 bits per heavy atom. The Kier molecular flexibility index (Phi) is 5.64. The first-order chi connectivity index (χ1) is 15.4. The van der Waals surface area contributed by atoms with Crippen LogP contribution in [-0.2, 0) is 4.79 Å². The van der Waals surface area contributed by atoms with Crippen LogP contribution in [0.1, 0.15) is 28.0 Å². The molecule has 1 unspecified atom stereocenters. The Bertz CT molecular complexity index is 1210. The highest BCUT2D eigenvalue weighted by Crippen LogP contribution is 2.31. The predicted molar refractivity (Wildman–Crippen MR) is 111 cm³/mol. The molecule has 8 nitrogen and oxygen atoms in total. The van der Waals surface area contributed by atoms with Crippen molar-refractivity contribution in [3.8, 4) is 6.07 Å². The zero-order valence-corrected chi connectivity index (χ0v) is 16.8. The molecule has 3 aromatic rings. The predicted octanol–water partition coefficient (Wildman–Crippen LogP) is 2.39. The van der Waals surface area contributed by atoms with E-state index in [4.69, 9.17) is 5.26 Å². The number of alkyl halides is 2. The second-order valence-electron chi connectivity index (χ2n) is 7.34. The Morgan fingerprint density at radius 2 is 2.16 bits per heavy atom. The quantitative estimate of drug-likeness (QED) is 0.662. The molecular weight excluding hydrogens is 418 g/mol. The van der Waals surface area contributed by atoms with Crippen molar-refractivity contribution in [1.82, 2.24) is 24.6 Å². The summed E-state index contributed by atoms with van der Waals surface area (Å²) in [4.78, 5) is 34.2. The number of likely N-dealkylation sites (tertiary alicyclic amines) is 1. The molecule has 32 heavy (non-hydrogen) atoms. The van der Waals surface area contributed by atoms with E-state index in [1.54, 1.807) is 18.2 Å². The number of nitrogens with zero attached hydrogens (tertiary/aromatic N) is 5. The van der Waals surface area contributed by atoms with Crippen molar-refractivity contribution in [2.75, 3.05) is 13.1 Å². The van der Waals surface area contributed by atoms with Gasteiger partial charge in [0.25, 0.3) is 11.8 Å². The van der Waals surface area contributed by atoms with Crippen LogP contribution in [0.25, 0.3) is 17.8 Å². The Balaban J connectivity index is 1.44. The van der Waals surface area contributed by atoms with E-state index in [0.717, 1.165) is 10.5 Å². The van der Waals surface area contributed by atoms with Crippen LogP contribution in [0.15, 0.2) is 49.1 Å². The third kappa shape index (κ3) is 4.46. The molecule has 1 aliphatic heterocycles. The minimum Gasteiger partial charge on any atom is -0.343 e. The second kappa shape index (κ2) is 8.55. The van der Waals surface area contributed by atoms with Crippen LogP contribution in [0.2, 0.25) is 0 Å². The number of rotatable bonds is 5. The number of imidazole rings is 1. The highest BCUT2D eigenvalue weighted by atomic mass is 19.3. The van der Waals surface area contributed by atoms with E-state index in [9.17, 15) is 18.4 Å². The van der Waals surface area contributed by atoms with E-state index < -0.39 is 43.3 Å². The summed E-state index contributed by atoms with van der Waals surface area (Å²) in [5, 5.41) is 11.5. The largest absolute Gasteiger partial charge is 0.343 e. The molecule has 1 saturated heterocycles. The highest BCUT2D eigenvalue weighted by molar-refractivity contribution is 6.00. The van der Waals surface area contributed by atoms with Gasteiger partial charge in [-0.25, -0.2) is 13.8 Å². The molecule has 4 rings (SSSR count). The number of hydrogen-bond donors (Lipinski definition) is 1. The van der Waals surface area contributed by atoms with Crippen LogP contribution in [0.5, 0.6) is 0 Å². The molecule has 0 saturated carbocycles. The van der Waals surface area contributed by atoms with Gasteiger partial charge in [0.05, 0.1) is 24.9 Å². The average Bonchev–Trinajstić information content (AvgIpc) is 3.35. The Hall–Kier alpha value is -4.13. The smallest absolute Gasteiger partial charge is 0.268 e. The first-order valence-electron chi connectivity index (χ1n) is 9.77.